The molecule has 0 aliphatic rings. The van der Waals surface area contributed by atoms with E-state index in [9.17, 15) is 0 Å². The van der Waals surface area contributed by atoms with Crippen LogP contribution in [0.3, 0.4) is 0 Å². The zero-order valence-corrected chi connectivity index (χ0v) is 32.0. The second kappa shape index (κ2) is 13.4. The summed E-state index contributed by atoms with van der Waals surface area (Å²) >= 11 is 0. The highest BCUT2D eigenvalue weighted by atomic mass is 15.0. The van der Waals surface area contributed by atoms with Crippen LogP contribution in [0.4, 0.5) is 0 Å². The second-order valence-electron chi connectivity index (χ2n) is 15.3. The van der Waals surface area contributed by atoms with Gasteiger partial charge in [0.2, 0.25) is 0 Å². The molecule has 12 aromatic rings. The summed E-state index contributed by atoms with van der Waals surface area (Å²) in [6.07, 6.45) is 1.93. The number of fused-ring (bicyclic) bond motifs is 10. The fourth-order valence-corrected chi connectivity index (χ4v) is 9.29. The van der Waals surface area contributed by atoms with Crippen LogP contribution in [0.15, 0.2) is 212 Å². The van der Waals surface area contributed by atoms with Crippen LogP contribution < -0.4 is 0 Å². The number of hydrogen-bond acceptors (Lipinski definition) is 2. The number of benzene rings is 10. The van der Waals surface area contributed by atoms with Gasteiger partial charge in [-0.2, -0.15) is 0 Å². The molecule has 3 heteroatoms. The highest BCUT2D eigenvalue weighted by Gasteiger charge is 2.16. The van der Waals surface area contributed by atoms with Crippen LogP contribution in [0.25, 0.3) is 115 Å². The van der Waals surface area contributed by atoms with Gasteiger partial charge in [0.25, 0.3) is 0 Å². The minimum atomic E-state index is 0.861. The monoisotopic (exact) mass is 749 g/mol. The molecular weight excluding hydrogens is 715 g/mol. The van der Waals surface area contributed by atoms with Gasteiger partial charge in [0.05, 0.1) is 34.0 Å². The van der Waals surface area contributed by atoms with Crippen molar-refractivity contribution in [1.29, 1.82) is 0 Å². The Morgan fingerprint density at radius 1 is 0.305 bits per heavy atom. The highest BCUT2D eigenvalue weighted by molar-refractivity contribution is 6.23. The maximum atomic E-state index is 5.29. The normalized spacial score (nSPS) is 11.7. The number of hydrogen-bond donors (Lipinski definition) is 0. The number of para-hydroxylation sites is 2. The van der Waals surface area contributed by atoms with Crippen molar-refractivity contribution in [3.05, 3.63) is 212 Å². The summed E-state index contributed by atoms with van der Waals surface area (Å²) in [5.41, 5.74) is 14.4. The van der Waals surface area contributed by atoms with E-state index < -0.39 is 0 Å². The van der Waals surface area contributed by atoms with Crippen LogP contribution in [0.5, 0.6) is 0 Å². The molecule has 59 heavy (non-hydrogen) atoms. The molecular formula is C56H35N3. The Labute approximate surface area is 341 Å². The van der Waals surface area contributed by atoms with Gasteiger partial charge < -0.3 is 4.57 Å². The fourth-order valence-electron chi connectivity index (χ4n) is 9.29. The predicted molar refractivity (Wildman–Crippen MR) is 248 cm³/mol. The average molecular weight is 750 g/mol. The highest BCUT2D eigenvalue weighted by Crippen LogP contribution is 2.40. The quantitative estimate of drug-likeness (QED) is 0.164. The van der Waals surface area contributed by atoms with Crippen molar-refractivity contribution in [2.24, 2.45) is 0 Å². The first-order valence-corrected chi connectivity index (χ1v) is 20.2. The number of rotatable bonds is 5. The van der Waals surface area contributed by atoms with E-state index in [0.29, 0.717) is 0 Å². The number of aromatic nitrogens is 3. The molecule has 0 fully saturated rings. The van der Waals surface area contributed by atoms with E-state index in [4.69, 9.17) is 9.97 Å². The molecule has 0 atom stereocenters. The Morgan fingerprint density at radius 2 is 0.814 bits per heavy atom. The molecule has 0 aliphatic heterocycles. The Balaban J connectivity index is 0.946. The van der Waals surface area contributed by atoms with Gasteiger partial charge >= 0.3 is 0 Å². The predicted octanol–water partition coefficient (Wildman–Crippen LogP) is 14.9. The smallest absolute Gasteiger partial charge is 0.0979 e. The van der Waals surface area contributed by atoms with Gasteiger partial charge in [0.15, 0.2) is 0 Å². The lowest BCUT2D eigenvalue weighted by Gasteiger charge is -2.14. The van der Waals surface area contributed by atoms with Crippen LogP contribution >= 0.6 is 0 Å². The van der Waals surface area contributed by atoms with Crippen molar-refractivity contribution in [2.75, 3.05) is 0 Å². The summed E-state index contributed by atoms with van der Waals surface area (Å²) in [6, 6.07) is 74.3. The topological polar surface area (TPSA) is 30.7 Å². The van der Waals surface area contributed by atoms with Crippen molar-refractivity contribution in [1.82, 2.24) is 14.5 Å². The molecule has 12 rings (SSSR count). The van der Waals surface area contributed by atoms with Gasteiger partial charge in [-0.3, -0.25) is 4.98 Å². The van der Waals surface area contributed by atoms with Crippen molar-refractivity contribution in [2.45, 2.75) is 0 Å². The largest absolute Gasteiger partial charge is 0.309 e. The van der Waals surface area contributed by atoms with Crippen LogP contribution in [0, 0.1) is 0 Å². The molecule has 0 bridgehead atoms. The van der Waals surface area contributed by atoms with Crippen LogP contribution in [0.2, 0.25) is 0 Å². The summed E-state index contributed by atoms with van der Waals surface area (Å²) in [7, 11) is 0. The summed E-state index contributed by atoms with van der Waals surface area (Å²) in [4.78, 5) is 10.3. The first-order valence-electron chi connectivity index (χ1n) is 20.2. The molecule has 3 nitrogen and oxygen atoms in total. The zero-order chi connectivity index (χ0) is 38.9. The SMILES string of the molecule is c1ccc(-n2c3ccccc3c3ccc(-c4cccc(-c5cccc6c(-c7cccc(-c8cnc9c%10ccccc%10c%10ccccc%10c9n8)c7)cccc56)c4)cc32)cc1. The first kappa shape index (κ1) is 33.3. The van der Waals surface area contributed by atoms with Crippen molar-refractivity contribution < 1.29 is 0 Å². The van der Waals surface area contributed by atoms with E-state index in [0.717, 1.165) is 44.3 Å². The van der Waals surface area contributed by atoms with E-state index in [2.05, 4.69) is 211 Å². The maximum absolute atomic E-state index is 5.29. The third kappa shape index (κ3) is 5.36. The lowest BCUT2D eigenvalue weighted by atomic mass is 9.91. The zero-order valence-electron chi connectivity index (χ0n) is 32.0. The van der Waals surface area contributed by atoms with E-state index in [-0.39, 0.29) is 0 Å². The Kier molecular flexibility index (Phi) is 7.54. The average Bonchev–Trinajstić information content (AvgIpc) is 3.65. The molecule has 2 heterocycles. The fraction of sp³-hybridized carbons (Fsp3) is 0. The van der Waals surface area contributed by atoms with Gasteiger partial charge in [-0.05, 0) is 91.3 Å². The molecule has 0 saturated heterocycles. The Hall–Kier alpha value is -7.88. The summed E-state index contributed by atoms with van der Waals surface area (Å²) in [5, 5.41) is 9.58. The van der Waals surface area contributed by atoms with Crippen LogP contribution in [-0.2, 0) is 0 Å². The Bertz CT molecular complexity index is 3580. The summed E-state index contributed by atoms with van der Waals surface area (Å²) < 4.78 is 2.38. The van der Waals surface area contributed by atoms with Gasteiger partial charge in [0, 0.05) is 32.8 Å². The van der Waals surface area contributed by atoms with E-state index in [1.807, 2.05) is 6.20 Å². The first-order chi connectivity index (χ1) is 29.3. The maximum Gasteiger partial charge on any atom is 0.0979 e. The number of nitrogens with zero attached hydrogens (tertiary/aromatic N) is 3. The van der Waals surface area contributed by atoms with Crippen molar-refractivity contribution >= 4 is 65.2 Å². The molecule has 0 saturated carbocycles. The molecule has 2 aromatic heterocycles. The van der Waals surface area contributed by atoms with E-state index in [1.54, 1.807) is 0 Å². The van der Waals surface area contributed by atoms with Crippen LogP contribution in [0.1, 0.15) is 0 Å². The molecule has 274 valence electrons. The molecule has 10 aromatic carbocycles. The molecule has 0 N–H and O–H groups in total. The van der Waals surface area contributed by atoms with Gasteiger partial charge in [0.1, 0.15) is 0 Å². The third-order valence-electron chi connectivity index (χ3n) is 12.0. The van der Waals surface area contributed by atoms with Crippen LogP contribution in [-0.4, -0.2) is 14.5 Å². The van der Waals surface area contributed by atoms with Gasteiger partial charge in [-0.15, -0.1) is 0 Å². The molecule has 0 spiro atoms. The Morgan fingerprint density at radius 3 is 1.53 bits per heavy atom. The standard InChI is InChI=1S/C56H35N3/c1-2-18-41(19-3-1)59-53-29-9-8-22-48(53)49-31-30-37(34-54(49)59)36-14-10-15-38(32-36)42-25-12-28-45-43(26-13-27-44(42)45)39-16-11-17-40(33-39)52-35-57-55-50-23-6-4-20-46(50)47-21-5-7-24-51(47)56(55)58-52/h1-35H. The minimum Gasteiger partial charge on any atom is -0.309 e. The van der Waals surface area contributed by atoms with Gasteiger partial charge in [-0.25, -0.2) is 4.98 Å². The second-order valence-corrected chi connectivity index (χ2v) is 15.3. The molecule has 0 radical (unpaired) electrons. The third-order valence-corrected chi connectivity index (χ3v) is 12.0. The molecule has 0 amide bonds. The molecule has 0 aliphatic carbocycles. The van der Waals surface area contributed by atoms with Crippen molar-refractivity contribution in [3.8, 4) is 50.3 Å². The van der Waals surface area contributed by atoms with E-state index in [1.165, 1.54) is 71.2 Å². The van der Waals surface area contributed by atoms with Crippen molar-refractivity contribution in [3.63, 3.8) is 0 Å². The lowest BCUT2D eigenvalue weighted by Crippen LogP contribution is -1.93. The minimum absolute atomic E-state index is 0.861. The molecule has 0 unspecified atom stereocenters. The summed E-state index contributed by atoms with van der Waals surface area (Å²) in [6.45, 7) is 0. The lowest BCUT2D eigenvalue weighted by molar-refractivity contribution is 1.18. The summed E-state index contributed by atoms with van der Waals surface area (Å²) in [5.74, 6) is 0. The van der Waals surface area contributed by atoms with E-state index >= 15 is 0 Å². The van der Waals surface area contributed by atoms with Gasteiger partial charge in [-0.1, -0.05) is 170 Å².